The van der Waals surface area contributed by atoms with Crippen molar-refractivity contribution in [1.82, 2.24) is 19.4 Å². The predicted molar refractivity (Wildman–Crippen MR) is 123 cm³/mol. The van der Waals surface area contributed by atoms with Crippen molar-refractivity contribution in [3.05, 3.63) is 64.6 Å². The van der Waals surface area contributed by atoms with Crippen molar-refractivity contribution >= 4 is 16.9 Å². The lowest BCUT2D eigenvalue weighted by Gasteiger charge is -2.11. The summed E-state index contributed by atoms with van der Waals surface area (Å²) in [5, 5.41) is 2.94. The Morgan fingerprint density at radius 2 is 1.65 bits per heavy atom. The van der Waals surface area contributed by atoms with Crippen molar-refractivity contribution in [2.75, 3.05) is 27.2 Å². The summed E-state index contributed by atoms with van der Waals surface area (Å²) in [7, 11) is 4.02. The predicted octanol–water partition coefficient (Wildman–Crippen LogP) is 2.86. The Labute approximate surface area is 183 Å². The minimum Gasteiger partial charge on any atom is -0.492 e. The number of nitrogens with zero attached hydrogens (tertiary/aromatic N) is 3. The second kappa shape index (κ2) is 10.8. The molecule has 3 rings (SSSR count). The average molecular weight is 425 g/mol. The zero-order valence-electron chi connectivity index (χ0n) is 18.6. The van der Waals surface area contributed by atoms with Crippen molar-refractivity contribution in [2.24, 2.45) is 0 Å². The van der Waals surface area contributed by atoms with Crippen LogP contribution in [0.2, 0.25) is 0 Å². The first-order chi connectivity index (χ1) is 15.0. The highest BCUT2D eigenvalue weighted by atomic mass is 16.5. The molecule has 31 heavy (non-hydrogen) atoms. The number of amides is 1. The van der Waals surface area contributed by atoms with E-state index in [1.54, 1.807) is 9.13 Å². The molecule has 0 aliphatic rings. The summed E-state index contributed by atoms with van der Waals surface area (Å²) in [4.78, 5) is 27.2. The number of hydrogen-bond donors (Lipinski definition) is 1. The molecule has 0 radical (unpaired) electrons. The average Bonchev–Trinajstić information content (AvgIpc) is 3.03. The highest BCUT2D eigenvalue weighted by Crippen LogP contribution is 2.14. The summed E-state index contributed by atoms with van der Waals surface area (Å²) >= 11 is 0. The van der Waals surface area contributed by atoms with Crippen molar-refractivity contribution < 1.29 is 9.53 Å². The number of aromatic nitrogens is 2. The third kappa shape index (κ3) is 5.98. The van der Waals surface area contributed by atoms with Crippen molar-refractivity contribution in [1.29, 1.82) is 0 Å². The maximum absolute atomic E-state index is 12.8. The quantitative estimate of drug-likeness (QED) is 0.514. The molecule has 3 aromatic rings. The van der Waals surface area contributed by atoms with Gasteiger partial charge < -0.3 is 15.0 Å². The zero-order valence-corrected chi connectivity index (χ0v) is 18.6. The molecule has 0 saturated heterocycles. The molecule has 7 nitrogen and oxygen atoms in total. The summed E-state index contributed by atoms with van der Waals surface area (Å²) < 4.78 is 9.17. The van der Waals surface area contributed by atoms with Gasteiger partial charge in [-0.25, -0.2) is 4.79 Å². The van der Waals surface area contributed by atoms with Gasteiger partial charge in [-0.05, 0) is 50.3 Å². The van der Waals surface area contributed by atoms with E-state index in [1.165, 1.54) is 0 Å². The first-order valence-corrected chi connectivity index (χ1v) is 10.8. The van der Waals surface area contributed by atoms with E-state index < -0.39 is 0 Å². The molecule has 0 atom stereocenters. The lowest BCUT2D eigenvalue weighted by molar-refractivity contribution is -0.121. The van der Waals surface area contributed by atoms with E-state index in [0.717, 1.165) is 35.3 Å². The molecule has 0 saturated carbocycles. The molecule has 0 fully saturated rings. The summed E-state index contributed by atoms with van der Waals surface area (Å²) in [6.07, 6.45) is 1.14. The number of aryl methyl sites for hydroxylation is 2. The zero-order chi connectivity index (χ0) is 22.2. The maximum Gasteiger partial charge on any atom is 0.329 e. The first kappa shape index (κ1) is 22.6. The van der Waals surface area contributed by atoms with Gasteiger partial charge in [0.1, 0.15) is 12.4 Å². The largest absolute Gasteiger partial charge is 0.492 e. The fraction of sp³-hybridized carbons (Fsp3) is 0.417. The topological polar surface area (TPSA) is 68.5 Å². The number of para-hydroxylation sites is 2. The van der Waals surface area contributed by atoms with Crippen LogP contribution in [0.1, 0.15) is 25.3 Å². The van der Waals surface area contributed by atoms with Crippen molar-refractivity contribution in [3.8, 4) is 5.75 Å². The lowest BCUT2D eigenvalue weighted by Crippen LogP contribution is -2.28. The number of rotatable bonds is 11. The van der Waals surface area contributed by atoms with Gasteiger partial charge in [0, 0.05) is 32.6 Å². The molecule has 2 aromatic carbocycles. The number of fused-ring (bicyclic) bond motifs is 1. The number of nitrogens with one attached hydrogen (secondary N) is 1. The minimum absolute atomic E-state index is 0.0549. The molecule has 1 heterocycles. The molecular formula is C24H32N4O3. The van der Waals surface area contributed by atoms with Gasteiger partial charge in [0.25, 0.3) is 0 Å². The Kier molecular flexibility index (Phi) is 7.89. The summed E-state index contributed by atoms with van der Waals surface area (Å²) in [6, 6.07) is 15.5. The number of imidazole rings is 1. The third-order valence-corrected chi connectivity index (χ3v) is 5.16. The van der Waals surface area contributed by atoms with E-state index in [2.05, 4.69) is 17.1 Å². The molecule has 1 aromatic heterocycles. The van der Waals surface area contributed by atoms with Crippen molar-refractivity contribution in [2.45, 2.75) is 39.4 Å². The van der Waals surface area contributed by atoms with Gasteiger partial charge >= 0.3 is 5.69 Å². The molecule has 0 aliphatic carbocycles. The monoisotopic (exact) mass is 424 g/mol. The second-order valence-electron chi connectivity index (χ2n) is 7.90. The highest BCUT2D eigenvalue weighted by molar-refractivity contribution is 5.78. The lowest BCUT2D eigenvalue weighted by atomic mass is 10.2. The molecular weight excluding hydrogens is 392 g/mol. The highest BCUT2D eigenvalue weighted by Gasteiger charge is 2.13. The van der Waals surface area contributed by atoms with Crippen LogP contribution in [0.3, 0.4) is 0 Å². The van der Waals surface area contributed by atoms with Gasteiger partial charge in [0.15, 0.2) is 0 Å². The van der Waals surface area contributed by atoms with E-state index in [-0.39, 0.29) is 18.0 Å². The number of carbonyl (C=O) groups excluding carboxylic acids is 1. The minimum atomic E-state index is -0.0782. The number of hydrogen-bond acceptors (Lipinski definition) is 4. The van der Waals surface area contributed by atoms with Gasteiger partial charge in [0.05, 0.1) is 11.0 Å². The molecule has 0 spiro atoms. The molecule has 1 amide bonds. The van der Waals surface area contributed by atoms with Crippen LogP contribution in [-0.4, -0.2) is 47.2 Å². The summed E-state index contributed by atoms with van der Waals surface area (Å²) in [5.41, 5.74) is 2.74. The van der Waals surface area contributed by atoms with Crippen LogP contribution in [0.15, 0.2) is 53.3 Å². The van der Waals surface area contributed by atoms with E-state index in [9.17, 15) is 9.59 Å². The van der Waals surface area contributed by atoms with Crippen LogP contribution in [-0.2, 0) is 24.4 Å². The molecule has 0 bridgehead atoms. The van der Waals surface area contributed by atoms with Gasteiger partial charge in [-0.3, -0.25) is 13.9 Å². The fourth-order valence-electron chi connectivity index (χ4n) is 3.48. The normalized spacial score (nSPS) is 11.2. The van der Waals surface area contributed by atoms with Crippen LogP contribution in [0.5, 0.6) is 5.75 Å². The van der Waals surface area contributed by atoms with E-state index in [4.69, 9.17) is 4.74 Å². The number of likely N-dealkylation sites (N-methyl/N-ethyl adjacent to an activating group) is 1. The van der Waals surface area contributed by atoms with Crippen LogP contribution >= 0.6 is 0 Å². The molecule has 0 aliphatic heterocycles. The fourth-order valence-corrected chi connectivity index (χ4v) is 3.48. The van der Waals surface area contributed by atoms with Gasteiger partial charge in [-0.1, -0.05) is 31.2 Å². The van der Waals surface area contributed by atoms with E-state index in [1.807, 2.05) is 62.6 Å². The molecule has 166 valence electrons. The Morgan fingerprint density at radius 3 is 2.26 bits per heavy atom. The molecule has 7 heteroatoms. The second-order valence-corrected chi connectivity index (χ2v) is 7.90. The molecule has 0 unspecified atom stereocenters. The summed E-state index contributed by atoms with van der Waals surface area (Å²) in [5.74, 6) is 0.741. The first-order valence-electron chi connectivity index (χ1n) is 10.8. The van der Waals surface area contributed by atoms with Crippen LogP contribution in [0, 0.1) is 0 Å². The standard InChI is InChI=1S/C24H32N4O3/c1-4-14-27-21-7-5-6-8-22(21)28(24(27)30)15-13-23(29)25-18-19-9-11-20(12-10-19)31-17-16-26(2)3/h5-12H,4,13-18H2,1-3H3,(H,25,29). The smallest absolute Gasteiger partial charge is 0.329 e. The number of benzene rings is 2. The Hall–Kier alpha value is -3.06. The Bertz CT molecular complexity index is 1050. The SMILES string of the molecule is CCCn1c(=O)n(CCC(=O)NCc2ccc(OCCN(C)C)cc2)c2ccccc21. The maximum atomic E-state index is 12.8. The van der Waals surface area contributed by atoms with Crippen molar-refractivity contribution in [3.63, 3.8) is 0 Å². The molecule has 1 N–H and O–H groups in total. The van der Waals surface area contributed by atoms with Gasteiger partial charge in [-0.2, -0.15) is 0 Å². The third-order valence-electron chi connectivity index (χ3n) is 5.16. The Morgan fingerprint density at radius 1 is 1.00 bits per heavy atom. The number of ether oxygens (including phenoxy) is 1. The van der Waals surface area contributed by atoms with Crippen LogP contribution in [0.25, 0.3) is 11.0 Å². The van der Waals surface area contributed by atoms with Gasteiger partial charge in [0.2, 0.25) is 5.91 Å². The van der Waals surface area contributed by atoms with Crippen LogP contribution in [0.4, 0.5) is 0 Å². The van der Waals surface area contributed by atoms with Crippen LogP contribution < -0.4 is 15.7 Å². The Balaban J connectivity index is 1.53. The van der Waals surface area contributed by atoms with Gasteiger partial charge in [-0.15, -0.1) is 0 Å². The van der Waals surface area contributed by atoms with E-state index >= 15 is 0 Å². The van der Waals surface area contributed by atoms with E-state index in [0.29, 0.717) is 26.2 Å². The number of carbonyl (C=O) groups is 1. The summed E-state index contributed by atoms with van der Waals surface area (Å²) in [6.45, 7) is 5.03.